The minimum atomic E-state index is -1.03. The van der Waals surface area contributed by atoms with Gasteiger partial charge in [0.15, 0.2) is 0 Å². The lowest BCUT2D eigenvalue weighted by atomic mass is 10.2. The summed E-state index contributed by atoms with van der Waals surface area (Å²) in [6.45, 7) is 0.212. The molecular weight excluding hydrogens is 268 g/mol. The first-order valence-electron chi connectivity index (χ1n) is 6.15. The summed E-state index contributed by atoms with van der Waals surface area (Å²) in [5.41, 5.74) is 0. The summed E-state index contributed by atoms with van der Waals surface area (Å²) >= 11 is 0. The number of amides is 1. The molecule has 1 aliphatic carbocycles. The van der Waals surface area contributed by atoms with Crippen LogP contribution in [0.25, 0.3) is 0 Å². The molecule has 1 amide bonds. The smallest absolute Gasteiger partial charge is 0.381 e. The topological polar surface area (TPSA) is 127 Å². The van der Waals surface area contributed by atoms with Crippen molar-refractivity contribution in [3.8, 4) is 0 Å². The minimum absolute atomic E-state index is 0.0192. The number of carbonyl (C=O) groups excluding carboxylic acids is 1. The maximum Gasteiger partial charge on any atom is 0.381 e. The molecule has 1 fully saturated rings. The van der Waals surface area contributed by atoms with Gasteiger partial charge in [0.25, 0.3) is 0 Å². The molecule has 0 aromatic carbocycles. The SMILES string of the molecule is O=C(CCn1cnc([N+](=O)[O-])c1)NC(C(=O)O)C1CC1. The van der Waals surface area contributed by atoms with E-state index in [2.05, 4.69) is 10.3 Å². The van der Waals surface area contributed by atoms with Gasteiger partial charge in [-0.3, -0.25) is 4.79 Å². The number of carboxylic acids is 1. The number of rotatable bonds is 7. The van der Waals surface area contributed by atoms with E-state index in [0.717, 1.165) is 12.8 Å². The monoisotopic (exact) mass is 282 g/mol. The maximum absolute atomic E-state index is 11.7. The van der Waals surface area contributed by atoms with Gasteiger partial charge in [-0.25, -0.2) is 4.79 Å². The molecule has 1 aromatic heterocycles. The highest BCUT2D eigenvalue weighted by molar-refractivity contribution is 5.83. The molecule has 20 heavy (non-hydrogen) atoms. The van der Waals surface area contributed by atoms with E-state index in [4.69, 9.17) is 5.11 Å². The van der Waals surface area contributed by atoms with Crippen LogP contribution in [0.4, 0.5) is 5.82 Å². The zero-order chi connectivity index (χ0) is 14.7. The van der Waals surface area contributed by atoms with Gasteiger partial charge >= 0.3 is 11.8 Å². The van der Waals surface area contributed by atoms with E-state index in [1.165, 1.54) is 17.1 Å². The normalized spacial score (nSPS) is 15.6. The van der Waals surface area contributed by atoms with Gasteiger partial charge in [-0.15, -0.1) is 0 Å². The fourth-order valence-electron chi connectivity index (χ4n) is 1.85. The van der Waals surface area contributed by atoms with Crippen LogP contribution in [0.1, 0.15) is 19.3 Å². The van der Waals surface area contributed by atoms with E-state index >= 15 is 0 Å². The van der Waals surface area contributed by atoms with Crippen LogP contribution in [0.3, 0.4) is 0 Å². The Hall–Kier alpha value is -2.45. The van der Waals surface area contributed by atoms with Gasteiger partial charge < -0.3 is 25.1 Å². The molecule has 2 N–H and O–H groups in total. The molecule has 1 aromatic rings. The number of imidazole rings is 1. The van der Waals surface area contributed by atoms with Crippen molar-refractivity contribution in [1.29, 1.82) is 0 Å². The number of carbonyl (C=O) groups is 2. The van der Waals surface area contributed by atoms with Gasteiger partial charge in [-0.05, 0) is 28.7 Å². The fourth-order valence-corrected chi connectivity index (χ4v) is 1.85. The summed E-state index contributed by atoms with van der Waals surface area (Å²) in [6, 6.07) is -0.834. The fraction of sp³-hybridized carbons (Fsp3) is 0.545. The van der Waals surface area contributed by atoms with E-state index < -0.39 is 16.9 Å². The summed E-state index contributed by atoms with van der Waals surface area (Å²) < 4.78 is 1.42. The Morgan fingerprint density at radius 1 is 1.60 bits per heavy atom. The Kier molecular flexibility index (Phi) is 3.97. The number of aromatic nitrogens is 2. The van der Waals surface area contributed by atoms with Crippen molar-refractivity contribution in [2.24, 2.45) is 5.92 Å². The van der Waals surface area contributed by atoms with Crippen molar-refractivity contribution >= 4 is 17.7 Å². The predicted octanol–water partition coefficient (Wildman–Crippen LogP) is 0.161. The first kappa shape index (κ1) is 14.0. The second-order valence-electron chi connectivity index (χ2n) is 4.70. The number of hydrogen-bond donors (Lipinski definition) is 2. The van der Waals surface area contributed by atoms with Gasteiger partial charge in [0.05, 0.1) is 0 Å². The second-order valence-corrected chi connectivity index (χ2v) is 4.70. The van der Waals surface area contributed by atoms with Gasteiger partial charge in [0, 0.05) is 13.0 Å². The van der Waals surface area contributed by atoms with Crippen LogP contribution in [-0.2, 0) is 16.1 Å². The Labute approximate surface area is 113 Å². The first-order valence-corrected chi connectivity index (χ1v) is 6.15. The minimum Gasteiger partial charge on any atom is -0.480 e. The predicted molar refractivity (Wildman–Crippen MR) is 65.8 cm³/mol. The van der Waals surface area contributed by atoms with Crippen molar-refractivity contribution in [3.63, 3.8) is 0 Å². The molecule has 0 bridgehead atoms. The summed E-state index contributed by atoms with van der Waals surface area (Å²) in [4.78, 5) is 36.0. The van der Waals surface area contributed by atoms with Crippen molar-refractivity contribution in [2.75, 3.05) is 0 Å². The second kappa shape index (κ2) is 5.68. The number of hydrogen-bond acceptors (Lipinski definition) is 5. The van der Waals surface area contributed by atoms with Gasteiger partial charge in [-0.1, -0.05) is 0 Å². The van der Waals surface area contributed by atoms with E-state index in [-0.39, 0.29) is 30.6 Å². The average Bonchev–Trinajstić information content (AvgIpc) is 3.10. The molecule has 1 atom stereocenters. The van der Waals surface area contributed by atoms with E-state index in [1.807, 2.05) is 0 Å². The molecule has 0 spiro atoms. The summed E-state index contributed by atoms with van der Waals surface area (Å²) in [7, 11) is 0. The van der Waals surface area contributed by atoms with E-state index in [0.29, 0.717) is 0 Å². The zero-order valence-electron chi connectivity index (χ0n) is 10.6. The molecule has 0 saturated heterocycles. The maximum atomic E-state index is 11.7. The molecule has 1 unspecified atom stereocenters. The third-order valence-corrected chi connectivity index (χ3v) is 3.08. The lowest BCUT2D eigenvalue weighted by Crippen LogP contribution is -2.42. The van der Waals surface area contributed by atoms with Gasteiger partial charge in [-0.2, -0.15) is 0 Å². The van der Waals surface area contributed by atoms with Crippen molar-refractivity contribution in [1.82, 2.24) is 14.9 Å². The highest BCUT2D eigenvalue weighted by Gasteiger charge is 2.37. The number of nitrogens with one attached hydrogen (secondary N) is 1. The van der Waals surface area contributed by atoms with Gasteiger partial charge in [0.1, 0.15) is 12.2 Å². The zero-order valence-corrected chi connectivity index (χ0v) is 10.6. The summed E-state index contributed by atoms with van der Waals surface area (Å²) in [6.07, 6.45) is 4.16. The molecule has 9 heteroatoms. The van der Waals surface area contributed by atoms with E-state index in [9.17, 15) is 19.7 Å². The molecule has 2 rings (SSSR count). The highest BCUT2D eigenvalue weighted by Crippen LogP contribution is 2.32. The quantitative estimate of drug-likeness (QED) is 0.541. The number of nitrogens with zero attached hydrogens (tertiary/aromatic N) is 3. The third-order valence-electron chi connectivity index (χ3n) is 3.08. The van der Waals surface area contributed by atoms with Crippen LogP contribution in [0.15, 0.2) is 12.5 Å². The van der Waals surface area contributed by atoms with Crippen molar-refractivity contribution in [3.05, 3.63) is 22.6 Å². The molecule has 0 aliphatic heterocycles. The first-order chi connectivity index (χ1) is 9.47. The number of carboxylic acid groups (broad SMARTS) is 1. The lowest BCUT2D eigenvalue weighted by Gasteiger charge is -2.13. The molecule has 9 nitrogen and oxygen atoms in total. The molecule has 108 valence electrons. The molecule has 1 heterocycles. The standard InChI is InChI=1S/C11H14N4O5/c16-9(13-10(11(17)18)7-1-2-7)3-4-14-5-8(12-6-14)15(19)20/h5-7,10H,1-4H2,(H,13,16)(H,17,18). The largest absolute Gasteiger partial charge is 0.480 e. The third kappa shape index (κ3) is 3.53. The van der Waals surface area contributed by atoms with Crippen LogP contribution in [0.2, 0.25) is 0 Å². The highest BCUT2D eigenvalue weighted by atomic mass is 16.6. The number of aliphatic carboxylic acids is 1. The number of nitro groups is 1. The van der Waals surface area contributed by atoms with Crippen LogP contribution >= 0.6 is 0 Å². The molecule has 1 aliphatic rings. The Morgan fingerprint density at radius 2 is 2.30 bits per heavy atom. The van der Waals surface area contributed by atoms with Crippen molar-refractivity contribution < 1.29 is 19.6 Å². The van der Waals surface area contributed by atoms with Crippen molar-refractivity contribution in [2.45, 2.75) is 31.8 Å². The molecular formula is C11H14N4O5. The van der Waals surface area contributed by atoms with Crippen LogP contribution in [0, 0.1) is 16.0 Å². The Morgan fingerprint density at radius 3 is 2.80 bits per heavy atom. The lowest BCUT2D eigenvalue weighted by molar-refractivity contribution is -0.389. The Balaban J connectivity index is 1.82. The Bertz CT molecular complexity index is 537. The van der Waals surface area contributed by atoms with Crippen LogP contribution in [-0.4, -0.2) is 37.5 Å². The van der Waals surface area contributed by atoms with Crippen LogP contribution < -0.4 is 5.32 Å². The summed E-state index contributed by atoms with van der Waals surface area (Å²) in [5.74, 6) is -1.68. The average molecular weight is 282 g/mol. The molecule has 1 saturated carbocycles. The van der Waals surface area contributed by atoms with Gasteiger partial charge in [0.2, 0.25) is 12.2 Å². The van der Waals surface area contributed by atoms with E-state index in [1.54, 1.807) is 0 Å². The number of aryl methyl sites for hydroxylation is 1. The summed E-state index contributed by atoms with van der Waals surface area (Å²) in [5, 5.41) is 21.9. The van der Waals surface area contributed by atoms with Crippen LogP contribution in [0.5, 0.6) is 0 Å². The molecule has 0 radical (unpaired) electrons.